The summed E-state index contributed by atoms with van der Waals surface area (Å²) in [6.07, 6.45) is -1.85. The van der Waals surface area contributed by atoms with Crippen LogP contribution in [0.3, 0.4) is 0 Å². The second-order valence-electron chi connectivity index (χ2n) is 5.42. The average molecular weight is 344 g/mol. The molecule has 0 saturated carbocycles. The van der Waals surface area contributed by atoms with Gasteiger partial charge in [0.25, 0.3) is 11.8 Å². The summed E-state index contributed by atoms with van der Waals surface area (Å²) in [4.78, 5) is 25.8. The summed E-state index contributed by atoms with van der Waals surface area (Å²) in [5.41, 5.74) is 0.758. The highest BCUT2D eigenvalue weighted by Crippen LogP contribution is 2.16. The molecule has 0 radical (unpaired) electrons. The van der Waals surface area contributed by atoms with Crippen LogP contribution >= 0.6 is 11.8 Å². The molecule has 0 aromatic carbocycles. The highest BCUT2D eigenvalue weighted by atomic mass is 32.2. The van der Waals surface area contributed by atoms with E-state index in [-0.39, 0.29) is 13.2 Å². The molecule has 1 rings (SSSR count). The molecule has 2 amide bonds. The summed E-state index contributed by atoms with van der Waals surface area (Å²) in [6, 6.07) is 0. The van der Waals surface area contributed by atoms with Gasteiger partial charge < -0.3 is 25.5 Å². The van der Waals surface area contributed by atoms with Gasteiger partial charge in [-0.25, -0.2) is 0 Å². The molecule has 7 nitrogen and oxygen atoms in total. The van der Waals surface area contributed by atoms with E-state index in [1.807, 2.05) is 0 Å². The van der Waals surface area contributed by atoms with Crippen LogP contribution in [-0.2, 0) is 9.59 Å². The van der Waals surface area contributed by atoms with Crippen LogP contribution in [0.15, 0.2) is 22.5 Å². The minimum Gasteiger partial charge on any atom is -0.392 e. The van der Waals surface area contributed by atoms with E-state index in [1.54, 1.807) is 12.3 Å². The number of carbonyl (C=O) groups is 2. The van der Waals surface area contributed by atoms with Crippen LogP contribution in [0, 0.1) is 0 Å². The lowest BCUT2D eigenvalue weighted by Crippen LogP contribution is -2.50. The molecule has 2 atom stereocenters. The summed E-state index contributed by atoms with van der Waals surface area (Å²) in [5.74, 6) is -1.45. The smallest absolute Gasteiger partial charge is 0.254 e. The second-order valence-corrected chi connectivity index (χ2v) is 6.47. The Labute approximate surface area is 140 Å². The standard InChI is InChI=1S/C15H24N2O5S/c1-10(8-18)9-23-11(2)7-16-14(21)12(19)13(20)15(22)17-5-3-4-6-17/h9,12-13,18-20H,2-8H2,1H3,(H,16,21)/b10-9+. The molecule has 1 aliphatic heterocycles. The lowest BCUT2D eigenvalue weighted by Gasteiger charge is -2.22. The molecular formula is C15H24N2O5S. The molecule has 23 heavy (non-hydrogen) atoms. The normalized spacial score (nSPS) is 17.7. The maximum atomic E-state index is 11.9. The van der Waals surface area contributed by atoms with Crippen molar-refractivity contribution in [2.75, 3.05) is 26.2 Å². The zero-order valence-electron chi connectivity index (χ0n) is 13.2. The molecule has 0 aromatic rings. The number of nitrogens with zero attached hydrogens (tertiary/aromatic N) is 1. The number of likely N-dealkylation sites (tertiary alicyclic amines) is 1. The number of rotatable bonds is 8. The fourth-order valence-corrected chi connectivity index (χ4v) is 2.55. The van der Waals surface area contributed by atoms with E-state index < -0.39 is 24.0 Å². The Morgan fingerprint density at radius 2 is 1.91 bits per heavy atom. The van der Waals surface area contributed by atoms with E-state index in [9.17, 15) is 19.8 Å². The summed E-state index contributed by atoms with van der Waals surface area (Å²) in [6.45, 7) is 6.59. The first-order valence-corrected chi connectivity index (χ1v) is 8.28. The molecule has 130 valence electrons. The molecule has 0 aromatic heterocycles. The van der Waals surface area contributed by atoms with E-state index in [0.29, 0.717) is 18.0 Å². The van der Waals surface area contributed by atoms with Crippen molar-refractivity contribution in [2.24, 2.45) is 0 Å². The second kappa shape index (κ2) is 9.71. The number of hydrogen-bond donors (Lipinski definition) is 4. The topological polar surface area (TPSA) is 110 Å². The van der Waals surface area contributed by atoms with Crippen LogP contribution in [0.25, 0.3) is 0 Å². The van der Waals surface area contributed by atoms with Crippen molar-refractivity contribution in [3.05, 3.63) is 22.5 Å². The van der Waals surface area contributed by atoms with Gasteiger partial charge in [0.2, 0.25) is 0 Å². The predicted octanol–water partition coefficient (Wildman–Crippen LogP) is -0.410. The van der Waals surface area contributed by atoms with Gasteiger partial charge in [0.15, 0.2) is 12.2 Å². The summed E-state index contributed by atoms with van der Waals surface area (Å²) in [7, 11) is 0. The van der Waals surface area contributed by atoms with Crippen LogP contribution < -0.4 is 5.32 Å². The number of nitrogens with one attached hydrogen (secondary N) is 1. The van der Waals surface area contributed by atoms with Gasteiger partial charge in [-0.3, -0.25) is 9.59 Å². The van der Waals surface area contributed by atoms with Gasteiger partial charge >= 0.3 is 0 Å². The maximum Gasteiger partial charge on any atom is 0.254 e. The molecular weight excluding hydrogens is 320 g/mol. The van der Waals surface area contributed by atoms with Gasteiger partial charge in [0.05, 0.1) is 6.61 Å². The zero-order chi connectivity index (χ0) is 17.4. The van der Waals surface area contributed by atoms with Crippen molar-refractivity contribution in [1.82, 2.24) is 10.2 Å². The van der Waals surface area contributed by atoms with Crippen LogP contribution in [0.4, 0.5) is 0 Å². The van der Waals surface area contributed by atoms with Crippen molar-refractivity contribution in [2.45, 2.75) is 32.0 Å². The SMILES string of the molecule is C=C(CNC(=O)C(O)C(O)C(=O)N1CCCC1)S/C=C(\C)CO. The van der Waals surface area contributed by atoms with E-state index in [1.165, 1.54) is 16.7 Å². The van der Waals surface area contributed by atoms with E-state index in [2.05, 4.69) is 11.9 Å². The lowest BCUT2D eigenvalue weighted by atomic mass is 10.1. The highest BCUT2D eigenvalue weighted by molar-refractivity contribution is 8.05. The Balaban J connectivity index is 2.40. The molecule has 1 fully saturated rings. The number of amides is 2. The third-order valence-corrected chi connectivity index (χ3v) is 4.37. The third kappa shape index (κ3) is 6.34. The molecule has 1 aliphatic rings. The van der Waals surface area contributed by atoms with Crippen molar-refractivity contribution in [1.29, 1.82) is 0 Å². The van der Waals surface area contributed by atoms with E-state index in [0.717, 1.165) is 18.4 Å². The maximum absolute atomic E-state index is 11.9. The first-order chi connectivity index (χ1) is 10.9. The fourth-order valence-electron chi connectivity index (χ4n) is 1.96. The molecule has 0 spiro atoms. The van der Waals surface area contributed by atoms with Crippen LogP contribution in [0.5, 0.6) is 0 Å². The molecule has 1 saturated heterocycles. The molecule has 2 unspecified atom stereocenters. The van der Waals surface area contributed by atoms with Gasteiger partial charge in [-0.15, -0.1) is 11.8 Å². The van der Waals surface area contributed by atoms with Crippen molar-refractivity contribution in [3.8, 4) is 0 Å². The average Bonchev–Trinajstić information content (AvgIpc) is 3.09. The van der Waals surface area contributed by atoms with E-state index >= 15 is 0 Å². The monoisotopic (exact) mass is 344 g/mol. The molecule has 0 aliphatic carbocycles. The fraction of sp³-hybridized carbons (Fsp3) is 0.600. The Hall–Kier alpha value is -1.35. The van der Waals surface area contributed by atoms with Crippen molar-refractivity contribution >= 4 is 23.6 Å². The summed E-state index contributed by atoms with van der Waals surface area (Å²) < 4.78 is 0. The minimum absolute atomic E-state index is 0.0594. The van der Waals surface area contributed by atoms with Crippen LogP contribution in [0.2, 0.25) is 0 Å². The molecule has 0 bridgehead atoms. The quantitative estimate of drug-likeness (QED) is 0.476. The molecule has 4 N–H and O–H groups in total. The Bertz CT molecular complexity index is 474. The van der Waals surface area contributed by atoms with Gasteiger partial charge in [0, 0.05) is 24.5 Å². The molecule has 1 heterocycles. The highest BCUT2D eigenvalue weighted by Gasteiger charge is 2.34. The predicted molar refractivity (Wildman–Crippen MR) is 88.4 cm³/mol. The first-order valence-electron chi connectivity index (χ1n) is 7.40. The van der Waals surface area contributed by atoms with Gasteiger partial charge in [-0.2, -0.15) is 0 Å². The number of thioether (sulfide) groups is 1. The first kappa shape index (κ1) is 19.7. The van der Waals surface area contributed by atoms with Crippen LogP contribution in [0.1, 0.15) is 19.8 Å². The Morgan fingerprint density at radius 1 is 1.30 bits per heavy atom. The number of hydrogen-bond acceptors (Lipinski definition) is 6. The van der Waals surface area contributed by atoms with Gasteiger partial charge in [-0.1, -0.05) is 6.58 Å². The van der Waals surface area contributed by atoms with Crippen molar-refractivity contribution < 1.29 is 24.9 Å². The third-order valence-electron chi connectivity index (χ3n) is 3.37. The molecule has 8 heteroatoms. The van der Waals surface area contributed by atoms with E-state index in [4.69, 9.17) is 5.11 Å². The van der Waals surface area contributed by atoms with Gasteiger partial charge in [-0.05, 0) is 30.7 Å². The summed E-state index contributed by atoms with van der Waals surface area (Å²) in [5, 5.41) is 32.6. The number of aliphatic hydroxyl groups excluding tert-OH is 3. The minimum atomic E-state index is -1.81. The van der Waals surface area contributed by atoms with Crippen LogP contribution in [-0.4, -0.2) is 70.5 Å². The van der Waals surface area contributed by atoms with Gasteiger partial charge in [0.1, 0.15) is 0 Å². The number of carbonyl (C=O) groups excluding carboxylic acids is 2. The zero-order valence-corrected chi connectivity index (χ0v) is 14.0. The summed E-state index contributed by atoms with van der Waals surface area (Å²) >= 11 is 1.25. The lowest BCUT2D eigenvalue weighted by molar-refractivity contribution is -0.152. The largest absolute Gasteiger partial charge is 0.392 e. The Morgan fingerprint density at radius 3 is 2.48 bits per heavy atom. The van der Waals surface area contributed by atoms with Crippen molar-refractivity contribution in [3.63, 3.8) is 0 Å². The Kier molecular flexibility index (Phi) is 8.32. The number of aliphatic hydroxyl groups is 3.